The quantitative estimate of drug-likeness (QED) is 0.921. The van der Waals surface area contributed by atoms with Gasteiger partial charge in [0.05, 0.1) is 11.4 Å². The van der Waals surface area contributed by atoms with Gasteiger partial charge in [-0.15, -0.1) is 0 Å². The Morgan fingerprint density at radius 1 is 1.27 bits per heavy atom. The Labute approximate surface area is 130 Å². The lowest BCUT2D eigenvalue weighted by Crippen LogP contribution is -2.52. The van der Waals surface area contributed by atoms with E-state index >= 15 is 0 Å². The molecule has 0 saturated carbocycles. The molecule has 0 radical (unpaired) electrons. The lowest BCUT2D eigenvalue weighted by molar-refractivity contribution is 0.0656. The average Bonchev–Trinajstić information content (AvgIpc) is 2.86. The molecule has 116 valence electrons. The topological polar surface area (TPSA) is 50.2 Å². The Kier molecular flexibility index (Phi) is 3.98. The van der Waals surface area contributed by atoms with Gasteiger partial charge in [-0.05, 0) is 51.1 Å². The Bertz CT molecular complexity index is 674. The van der Waals surface area contributed by atoms with Gasteiger partial charge in [-0.1, -0.05) is 0 Å². The molecule has 0 aliphatic carbocycles. The second-order valence-corrected chi connectivity index (χ2v) is 5.94. The van der Waals surface area contributed by atoms with Gasteiger partial charge in [0.15, 0.2) is 0 Å². The van der Waals surface area contributed by atoms with E-state index < -0.39 is 0 Å². The third-order valence-corrected chi connectivity index (χ3v) is 4.13. The maximum Gasteiger partial charge on any atom is 0.254 e. The van der Waals surface area contributed by atoms with Crippen LogP contribution in [0.15, 0.2) is 30.3 Å². The number of aromatic nitrogens is 2. The molecular formula is C17H22N4O. The van der Waals surface area contributed by atoms with Crippen LogP contribution in [0.5, 0.6) is 0 Å². The minimum Gasteiger partial charge on any atom is -0.333 e. The van der Waals surface area contributed by atoms with Crippen molar-refractivity contribution in [3.8, 4) is 5.69 Å². The van der Waals surface area contributed by atoms with E-state index in [1.165, 1.54) is 0 Å². The summed E-state index contributed by atoms with van der Waals surface area (Å²) in [5.74, 6) is 0.105. The highest BCUT2D eigenvalue weighted by Gasteiger charge is 2.23. The van der Waals surface area contributed by atoms with E-state index in [0.717, 1.165) is 42.3 Å². The second-order valence-electron chi connectivity index (χ2n) is 5.94. The van der Waals surface area contributed by atoms with E-state index in [4.69, 9.17) is 0 Å². The first-order valence-electron chi connectivity index (χ1n) is 7.71. The molecule has 1 saturated heterocycles. The Morgan fingerprint density at radius 2 is 2.00 bits per heavy atom. The van der Waals surface area contributed by atoms with Crippen LogP contribution in [0.3, 0.4) is 0 Å². The molecule has 1 aromatic heterocycles. The summed E-state index contributed by atoms with van der Waals surface area (Å²) in [6.45, 7) is 8.57. The summed E-state index contributed by atoms with van der Waals surface area (Å²) < 4.78 is 1.90. The van der Waals surface area contributed by atoms with E-state index in [1.807, 2.05) is 53.8 Å². The first kappa shape index (κ1) is 14.8. The molecular weight excluding hydrogens is 276 g/mol. The largest absolute Gasteiger partial charge is 0.333 e. The van der Waals surface area contributed by atoms with Gasteiger partial charge in [0.25, 0.3) is 5.91 Å². The number of hydrogen-bond donors (Lipinski definition) is 1. The molecule has 1 aliphatic rings. The van der Waals surface area contributed by atoms with Crippen LogP contribution in [-0.4, -0.2) is 46.3 Å². The van der Waals surface area contributed by atoms with Crippen molar-refractivity contribution in [2.24, 2.45) is 0 Å². The zero-order valence-electron chi connectivity index (χ0n) is 13.3. The molecule has 1 aliphatic heterocycles. The average molecular weight is 298 g/mol. The van der Waals surface area contributed by atoms with Gasteiger partial charge in [0.1, 0.15) is 0 Å². The fourth-order valence-electron chi connectivity index (χ4n) is 2.94. The highest BCUT2D eigenvalue weighted by molar-refractivity contribution is 5.94. The molecule has 1 aromatic carbocycles. The normalized spacial score (nSPS) is 18.5. The number of piperazine rings is 1. The van der Waals surface area contributed by atoms with Crippen LogP contribution in [0.4, 0.5) is 0 Å². The number of amides is 1. The fraction of sp³-hybridized carbons (Fsp3) is 0.412. The number of benzene rings is 1. The van der Waals surface area contributed by atoms with Crippen LogP contribution < -0.4 is 5.32 Å². The second kappa shape index (κ2) is 5.93. The molecule has 5 heteroatoms. The number of aryl methyl sites for hydroxylation is 2. The smallest absolute Gasteiger partial charge is 0.254 e. The monoisotopic (exact) mass is 298 g/mol. The van der Waals surface area contributed by atoms with E-state index in [1.54, 1.807) is 0 Å². The van der Waals surface area contributed by atoms with Crippen molar-refractivity contribution in [1.29, 1.82) is 0 Å². The minimum absolute atomic E-state index is 0.105. The van der Waals surface area contributed by atoms with Gasteiger partial charge in [-0.25, -0.2) is 4.68 Å². The molecule has 3 rings (SSSR count). The van der Waals surface area contributed by atoms with E-state index in [9.17, 15) is 4.79 Å². The summed E-state index contributed by atoms with van der Waals surface area (Å²) in [4.78, 5) is 14.5. The van der Waals surface area contributed by atoms with E-state index in [0.29, 0.717) is 0 Å². The molecule has 0 spiro atoms. The molecule has 2 heterocycles. The lowest BCUT2D eigenvalue weighted by Gasteiger charge is -2.34. The van der Waals surface area contributed by atoms with Crippen LogP contribution in [0.25, 0.3) is 5.69 Å². The predicted octanol–water partition coefficient (Wildman–Crippen LogP) is 1.92. The zero-order valence-corrected chi connectivity index (χ0v) is 13.3. The third kappa shape index (κ3) is 2.76. The van der Waals surface area contributed by atoms with Crippen LogP contribution in [-0.2, 0) is 0 Å². The van der Waals surface area contributed by atoms with Gasteiger partial charge >= 0.3 is 0 Å². The van der Waals surface area contributed by atoms with Crippen molar-refractivity contribution in [3.05, 3.63) is 47.3 Å². The minimum atomic E-state index is 0.105. The third-order valence-electron chi connectivity index (χ3n) is 4.13. The molecule has 5 nitrogen and oxygen atoms in total. The number of rotatable bonds is 2. The molecule has 1 amide bonds. The summed E-state index contributed by atoms with van der Waals surface area (Å²) in [5.41, 5.74) is 3.80. The van der Waals surface area contributed by atoms with Crippen molar-refractivity contribution in [2.45, 2.75) is 26.8 Å². The van der Waals surface area contributed by atoms with Crippen molar-refractivity contribution in [3.63, 3.8) is 0 Å². The van der Waals surface area contributed by atoms with E-state index in [-0.39, 0.29) is 11.9 Å². The molecule has 1 atom stereocenters. The molecule has 2 aromatic rings. The first-order chi connectivity index (χ1) is 10.6. The highest BCUT2D eigenvalue weighted by atomic mass is 16.2. The van der Waals surface area contributed by atoms with Crippen molar-refractivity contribution in [1.82, 2.24) is 20.0 Å². The van der Waals surface area contributed by atoms with Gasteiger partial charge in [-0.2, -0.15) is 5.10 Å². The van der Waals surface area contributed by atoms with Crippen molar-refractivity contribution in [2.75, 3.05) is 19.6 Å². The van der Waals surface area contributed by atoms with Crippen LogP contribution in [0.1, 0.15) is 28.7 Å². The molecule has 1 N–H and O–H groups in total. The van der Waals surface area contributed by atoms with Crippen LogP contribution >= 0.6 is 0 Å². The van der Waals surface area contributed by atoms with Crippen LogP contribution in [0.2, 0.25) is 0 Å². The summed E-state index contributed by atoms with van der Waals surface area (Å²) in [7, 11) is 0. The van der Waals surface area contributed by atoms with E-state index in [2.05, 4.69) is 17.3 Å². The first-order valence-corrected chi connectivity index (χ1v) is 7.71. The Hall–Kier alpha value is -2.14. The highest BCUT2D eigenvalue weighted by Crippen LogP contribution is 2.15. The van der Waals surface area contributed by atoms with Gasteiger partial charge < -0.3 is 10.2 Å². The number of hydrogen-bond acceptors (Lipinski definition) is 3. The van der Waals surface area contributed by atoms with Crippen molar-refractivity contribution < 1.29 is 4.79 Å². The Balaban J connectivity index is 1.82. The zero-order chi connectivity index (χ0) is 15.7. The molecule has 0 unspecified atom stereocenters. The van der Waals surface area contributed by atoms with Gasteiger partial charge in [0.2, 0.25) is 0 Å². The maximum atomic E-state index is 12.6. The predicted molar refractivity (Wildman–Crippen MR) is 86.4 cm³/mol. The maximum absolute atomic E-state index is 12.6. The number of nitrogens with zero attached hydrogens (tertiary/aromatic N) is 3. The number of carbonyl (C=O) groups is 1. The van der Waals surface area contributed by atoms with Crippen molar-refractivity contribution >= 4 is 5.91 Å². The standard InChI is InChI=1S/C17H22N4O/c1-12-10-13(2)21(19-12)16-6-4-15(5-7-16)17(22)20-9-8-18-11-14(20)3/h4-7,10,14,18H,8-9,11H2,1-3H3/t14-/m0/s1. The summed E-state index contributed by atoms with van der Waals surface area (Å²) >= 11 is 0. The van der Waals surface area contributed by atoms with Gasteiger partial charge in [-0.3, -0.25) is 4.79 Å². The van der Waals surface area contributed by atoms with Crippen LogP contribution in [0, 0.1) is 13.8 Å². The number of nitrogens with one attached hydrogen (secondary N) is 1. The number of carbonyl (C=O) groups excluding carboxylic acids is 1. The summed E-state index contributed by atoms with van der Waals surface area (Å²) in [5, 5.41) is 7.77. The summed E-state index contributed by atoms with van der Waals surface area (Å²) in [6, 6.07) is 9.98. The SMILES string of the molecule is Cc1cc(C)n(-c2ccc(C(=O)N3CCNC[C@@H]3C)cc2)n1. The molecule has 1 fully saturated rings. The fourth-order valence-corrected chi connectivity index (χ4v) is 2.94. The molecule has 0 bridgehead atoms. The Morgan fingerprint density at radius 3 is 2.59 bits per heavy atom. The molecule has 22 heavy (non-hydrogen) atoms. The van der Waals surface area contributed by atoms with Gasteiger partial charge in [0, 0.05) is 36.9 Å². The lowest BCUT2D eigenvalue weighted by atomic mass is 10.1. The summed E-state index contributed by atoms with van der Waals surface area (Å²) in [6.07, 6.45) is 0.